The molecule has 0 spiro atoms. The highest BCUT2D eigenvalue weighted by atomic mass is 19.1. The van der Waals surface area contributed by atoms with Gasteiger partial charge in [-0.1, -0.05) is 6.07 Å². The molecule has 0 aliphatic carbocycles. The molecule has 0 amide bonds. The van der Waals surface area contributed by atoms with Crippen LogP contribution in [-0.4, -0.2) is 34.3 Å². The predicted octanol–water partition coefficient (Wildman–Crippen LogP) is 2.98. The lowest BCUT2D eigenvalue weighted by atomic mass is 10.1. The quantitative estimate of drug-likeness (QED) is 0.494. The second-order valence-electron chi connectivity index (χ2n) is 6.56. The van der Waals surface area contributed by atoms with Gasteiger partial charge in [-0.2, -0.15) is 15.1 Å². The summed E-state index contributed by atoms with van der Waals surface area (Å²) in [5.74, 6) is -0.930. The van der Waals surface area contributed by atoms with Crippen LogP contribution in [0.3, 0.4) is 0 Å². The number of aromatic nitrogens is 7. The normalized spacial score (nSPS) is 11.3. The second-order valence-corrected chi connectivity index (χ2v) is 6.56. The van der Waals surface area contributed by atoms with Crippen molar-refractivity contribution < 1.29 is 8.78 Å². The molecule has 0 fully saturated rings. The summed E-state index contributed by atoms with van der Waals surface area (Å²) in [4.78, 5) is 16.8. The molecule has 0 unspecified atom stereocenters. The van der Waals surface area contributed by atoms with E-state index in [1.54, 1.807) is 24.8 Å². The fourth-order valence-electron chi connectivity index (χ4n) is 3.21. The Kier molecular flexibility index (Phi) is 4.16. The van der Waals surface area contributed by atoms with Crippen molar-refractivity contribution in [3.8, 4) is 16.9 Å². The number of hydrogen-bond acceptors (Lipinski definition) is 6. The number of rotatable bonds is 4. The molecule has 5 aromatic rings. The zero-order chi connectivity index (χ0) is 20.7. The third-order valence-electron chi connectivity index (χ3n) is 4.67. The summed E-state index contributed by atoms with van der Waals surface area (Å²) in [6, 6.07) is 7.45. The molecule has 2 N–H and O–H groups in total. The molecule has 4 aromatic heterocycles. The number of fused-ring (bicyclic) bond motifs is 1. The molecule has 8 nitrogen and oxygen atoms in total. The minimum Gasteiger partial charge on any atom is -0.368 e. The van der Waals surface area contributed by atoms with Gasteiger partial charge in [-0.3, -0.25) is 4.98 Å². The first-order valence-corrected chi connectivity index (χ1v) is 8.97. The molecule has 10 heteroatoms. The van der Waals surface area contributed by atoms with Crippen LogP contribution < -0.4 is 5.73 Å². The summed E-state index contributed by atoms with van der Waals surface area (Å²) in [5.41, 5.74) is 8.36. The van der Waals surface area contributed by atoms with Crippen molar-refractivity contribution in [1.82, 2.24) is 34.3 Å². The molecule has 0 saturated heterocycles. The van der Waals surface area contributed by atoms with E-state index in [0.717, 1.165) is 11.1 Å². The van der Waals surface area contributed by atoms with Crippen molar-refractivity contribution >= 4 is 17.1 Å². The smallest absolute Gasteiger partial charge is 0.224 e. The van der Waals surface area contributed by atoms with Crippen molar-refractivity contribution in [1.29, 1.82) is 0 Å². The number of hydrogen-bond donors (Lipinski definition) is 1. The average molecular weight is 404 g/mol. The second kappa shape index (κ2) is 6.99. The first-order valence-electron chi connectivity index (χ1n) is 8.97. The van der Waals surface area contributed by atoms with E-state index in [0.29, 0.717) is 17.0 Å². The van der Waals surface area contributed by atoms with Crippen molar-refractivity contribution in [2.24, 2.45) is 0 Å². The Bertz CT molecular complexity index is 1340. The Morgan fingerprint density at radius 1 is 0.967 bits per heavy atom. The maximum Gasteiger partial charge on any atom is 0.224 e. The van der Waals surface area contributed by atoms with Crippen molar-refractivity contribution in [2.75, 3.05) is 5.73 Å². The molecular formula is C20H14F2N8. The van der Waals surface area contributed by atoms with Gasteiger partial charge in [0.25, 0.3) is 0 Å². The Balaban J connectivity index is 1.59. The first-order chi connectivity index (χ1) is 14.6. The van der Waals surface area contributed by atoms with E-state index in [9.17, 15) is 8.78 Å². The van der Waals surface area contributed by atoms with Gasteiger partial charge in [0.2, 0.25) is 5.95 Å². The molecule has 0 radical (unpaired) electrons. The van der Waals surface area contributed by atoms with E-state index < -0.39 is 11.6 Å². The molecule has 0 saturated carbocycles. The Hall–Kier alpha value is -4.21. The minimum absolute atomic E-state index is 0.00535. The summed E-state index contributed by atoms with van der Waals surface area (Å²) in [6.07, 6.45) is 8.30. The average Bonchev–Trinajstić information content (AvgIpc) is 3.39. The van der Waals surface area contributed by atoms with Gasteiger partial charge in [0.05, 0.1) is 19.1 Å². The van der Waals surface area contributed by atoms with Gasteiger partial charge in [0.15, 0.2) is 17.0 Å². The summed E-state index contributed by atoms with van der Waals surface area (Å²) in [5, 5.41) is 4.36. The van der Waals surface area contributed by atoms with Crippen LogP contribution in [0.1, 0.15) is 5.56 Å². The summed E-state index contributed by atoms with van der Waals surface area (Å²) < 4.78 is 31.2. The summed E-state index contributed by atoms with van der Waals surface area (Å²) in [7, 11) is 0. The SMILES string of the molecule is Nc1nc(-n2cc(-c3ccncc3)cn2)c2ncn(Cc3c(F)cccc3F)c2n1. The van der Waals surface area contributed by atoms with Gasteiger partial charge in [-0.15, -0.1) is 0 Å². The molecule has 148 valence electrons. The topological polar surface area (TPSA) is 100 Å². The lowest BCUT2D eigenvalue weighted by molar-refractivity contribution is 0.546. The Morgan fingerprint density at radius 2 is 1.73 bits per heavy atom. The zero-order valence-corrected chi connectivity index (χ0v) is 15.4. The number of halogens is 2. The zero-order valence-electron chi connectivity index (χ0n) is 15.4. The maximum atomic E-state index is 14.1. The Morgan fingerprint density at radius 3 is 2.50 bits per heavy atom. The van der Waals surface area contributed by atoms with Crippen LogP contribution in [0, 0.1) is 11.6 Å². The monoisotopic (exact) mass is 404 g/mol. The third kappa shape index (κ3) is 3.04. The molecule has 1 aromatic carbocycles. The molecule has 0 aliphatic heterocycles. The van der Waals surface area contributed by atoms with E-state index in [2.05, 4.69) is 25.0 Å². The highest BCUT2D eigenvalue weighted by Crippen LogP contribution is 2.24. The number of benzene rings is 1. The molecule has 5 rings (SSSR count). The van der Waals surface area contributed by atoms with Crippen LogP contribution >= 0.6 is 0 Å². The molecule has 4 heterocycles. The molecule has 0 atom stereocenters. The number of pyridine rings is 1. The van der Waals surface area contributed by atoms with E-state index in [-0.39, 0.29) is 18.1 Å². The van der Waals surface area contributed by atoms with Crippen LogP contribution in [0.2, 0.25) is 0 Å². The summed E-state index contributed by atoms with van der Waals surface area (Å²) in [6.45, 7) is -0.0910. The van der Waals surface area contributed by atoms with E-state index in [4.69, 9.17) is 5.73 Å². The summed E-state index contributed by atoms with van der Waals surface area (Å²) >= 11 is 0. The largest absolute Gasteiger partial charge is 0.368 e. The molecule has 0 aliphatic rings. The lowest BCUT2D eigenvalue weighted by Crippen LogP contribution is -2.08. The molecule has 30 heavy (non-hydrogen) atoms. The van der Waals surface area contributed by atoms with Crippen molar-refractivity contribution in [3.63, 3.8) is 0 Å². The van der Waals surface area contributed by atoms with Crippen LogP contribution in [0.4, 0.5) is 14.7 Å². The van der Waals surface area contributed by atoms with Crippen LogP contribution in [0.15, 0.2) is 61.4 Å². The van der Waals surface area contributed by atoms with E-state index >= 15 is 0 Å². The van der Waals surface area contributed by atoms with Crippen molar-refractivity contribution in [2.45, 2.75) is 6.54 Å². The third-order valence-corrected chi connectivity index (χ3v) is 4.67. The predicted molar refractivity (Wildman–Crippen MR) is 106 cm³/mol. The van der Waals surface area contributed by atoms with E-state index in [1.165, 1.54) is 33.8 Å². The van der Waals surface area contributed by atoms with Crippen LogP contribution in [-0.2, 0) is 6.54 Å². The number of nitrogens with two attached hydrogens (primary N) is 1. The highest BCUT2D eigenvalue weighted by Gasteiger charge is 2.17. The van der Waals surface area contributed by atoms with Gasteiger partial charge < -0.3 is 10.3 Å². The number of nitrogen functional groups attached to an aromatic ring is 1. The number of anilines is 1. The van der Waals surface area contributed by atoms with Gasteiger partial charge in [-0.25, -0.2) is 18.4 Å². The van der Waals surface area contributed by atoms with Gasteiger partial charge in [0, 0.05) is 29.7 Å². The standard InChI is InChI=1S/C20H14F2N8/c21-15-2-1-3-16(22)14(15)10-29-11-25-17-18(29)27-20(23)28-19(17)30-9-13(8-26-30)12-4-6-24-7-5-12/h1-9,11H,10H2,(H2,23,27,28). The Labute approximate surface area is 168 Å². The van der Waals surface area contributed by atoms with Gasteiger partial charge in [-0.05, 0) is 29.8 Å². The maximum absolute atomic E-state index is 14.1. The van der Waals surface area contributed by atoms with Crippen LogP contribution in [0.5, 0.6) is 0 Å². The fraction of sp³-hybridized carbons (Fsp3) is 0.0500. The molecular weight excluding hydrogens is 390 g/mol. The lowest BCUT2D eigenvalue weighted by Gasteiger charge is -2.08. The number of nitrogens with zero attached hydrogens (tertiary/aromatic N) is 7. The fourth-order valence-corrected chi connectivity index (χ4v) is 3.21. The van der Waals surface area contributed by atoms with E-state index in [1.807, 2.05) is 12.1 Å². The first kappa shape index (κ1) is 17.9. The highest BCUT2D eigenvalue weighted by molar-refractivity contribution is 5.80. The number of imidazole rings is 1. The van der Waals surface area contributed by atoms with Crippen molar-refractivity contribution in [3.05, 3.63) is 78.6 Å². The molecule has 0 bridgehead atoms. The van der Waals surface area contributed by atoms with Crippen LogP contribution in [0.25, 0.3) is 28.1 Å². The van der Waals surface area contributed by atoms with Gasteiger partial charge >= 0.3 is 0 Å². The van der Waals surface area contributed by atoms with Gasteiger partial charge in [0.1, 0.15) is 11.6 Å². The minimum atomic E-state index is -0.645.